The first-order valence-corrected chi connectivity index (χ1v) is 10.9. The zero-order valence-corrected chi connectivity index (χ0v) is 18.2. The van der Waals surface area contributed by atoms with Gasteiger partial charge in [-0.05, 0) is 36.6 Å². The second-order valence-electron chi connectivity index (χ2n) is 8.15. The Morgan fingerprint density at radius 1 is 1.12 bits per heavy atom. The van der Waals surface area contributed by atoms with Crippen LogP contribution in [0.4, 0.5) is 0 Å². The van der Waals surface area contributed by atoms with Gasteiger partial charge in [0.15, 0.2) is 0 Å². The SMILES string of the molecule is COCCn1c(=O)[nH]c2cc(C(=O)NC3CCN(Cc4ccccc4)CC3)ccc2c1=O. The van der Waals surface area contributed by atoms with Gasteiger partial charge < -0.3 is 15.0 Å². The number of rotatable bonds is 7. The van der Waals surface area contributed by atoms with E-state index in [1.54, 1.807) is 18.2 Å². The lowest BCUT2D eigenvalue weighted by Gasteiger charge is -2.32. The van der Waals surface area contributed by atoms with Crippen LogP contribution in [0.5, 0.6) is 0 Å². The van der Waals surface area contributed by atoms with Gasteiger partial charge in [-0.15, -0.1) is 0 Å². The molecule has 2 heterocycles. The maximum Gasteiger partial charge on any atom is 0.328 e. The summed E-state index contributed by atoms with van der Waals surface area (Å²) in [6.45, 7) is 3.20. The normalized spacial score (nSPS) is 15.2. The molecule has 0 radical (unpaired) electrons. The Balaban J connectivity index is 1.40. The third-order valence-electron chi connectivity index (χ3n) is 5.93. The second kappa shape index (κ2) is 9.93. The third-order valence-corrected chi connectivity index (χ3v) is 5.93. The number of fused-ring (bicyclic) bond motifs is 1. The Morgan fingerprint density at radius 2 is 1.88 bits per heavy atom. The van der Waals surface area contributed by atoms with Crippen molar-refractivity contribution in [3.8, 4) is 0 Å². The highest BCUT2D eigenvalue weighted by Gasteiger charge is 2.21. The summed E-state index contributed by atoms with van der Waals surface area (Å²) in [6, 6.07) is 15.3. The number of carbonyl (C=O) groups is 1. The number of hydrogen-bond acceptors (Lipinski definition) is 5. The van der Waals surface area contributed by atoms with Gasteiger partial charge in [0.1, 0.15) is 0 Å². The van der Waals surface area contributed by atoms with Crippen LogP contribution in [0.15, 0.2) is 58.1 Å². The summed E-state index contributed by atoms with van der Waals surface area (Å²) in [7, 11) is 1.51. The van der Waals surface area contributed by atoms with Gasteiger partial charge in [-0.25, -0.2) is 4.79 Å². The Hall–Kier alpha value is -3.23. The number of aromatic nitrogens is 2. The summed E-state index contributed by atoms with van der Waals surface area (Å²) >= 11 is 0. The Kier molecular flexibility index (Phi) is 6.82. The van der Waals surface area contributed by atoms with Crippen LogP contribution in [0.2, 0.25) is 0 Å². The molecule has 0 unspecified atom stereocenters. The highest BCUT2D eigenvalue weighted by atomic mass is 16.5. The number of hydrogen-bond donors (Lipinski definition) is 2. The van der Waals surface area contributed by atoms with E-state index in [0.717, 1.165) is 37.0 Å². The van der Waals surface area contributed by atoms with Crippen LogP contribution < -0.4 is 16.6 Å². The van der Waals surface area contributed by atoms with Crippen LogP contribution in [0.25, 0.3) is 10.9 Å². The van der Waals surface area contributed by atoms with Gasteiger partial charge in [0, 0.05) is 38.3 Å². The number of likely N-dealkylation sites (tertiary alicyclic amines) is 1. The lowest BCUT2D eigenvalue weighted by Crippen LogP contribution is -2.44. The van der Waals surface area contributed by atoms with Gasteiger partial charge in [0.2, 0.25) is 0 Å². The number of piperidine rings is 1. The maximum atomic E-state index is 12.8. The number of benzene rings is 2. The van der Waals surface area contributed by atoms with Crippen LogP contribution in [0.1, 0.15) is 28.8 Å². The van der Waals surface area contributed by atoms with Crippen LogP contribution in [0.3, 0.4) is 0 Å². The van der Waals surface area contributed by atoms with Gasteiger partial charge in [-0.3, -0.25) is 19.1 Å². The highest BCUT2D eigenvalue weighted by molar-refractivity contribution is 5.97. The Morgan fingerprint density at radius 3 is 2.59 bits per heavy atom. The Bertz CT molecular complexity index is 1190. The highest BCUT2D eigenvalue weighted by Crippen LogP contribution is 2.15. The minimum Gasteiger partial charge on any atom is -0.383 e. The minimum atomic E-state index is -0.511. The molecule has 0 spiro atoms. The first-order valence-electron chi connectivity index (χ1n) is 10.9. The molecule has 0 atom stereocenters. The van der Waals surface area contributed by atoms with Crippen LogP contribution in [-0.2, 0) is 17.8 Å². The lowest BCUT2D eigenvalue weighted by atomic mass is 10.0. The molecular weight excluding hydrogens is 408 g/mol. The second-order valence-corrected chi connectivity index (χ2v) is 8.15. The first-order chi connectivity index (χ1) is 15.5. The number of carbonyl (C=O) groups excluding carboxylic acids is 1. The number of methoxy groups -OCH3 is 1. The van der Waals surface area contributed by atoms with Crippen molar-refractivity contribution in [1.29, 1.82) is 0 Å². The molecule has 1 fully saturated rings. The van der Waals surface area contributed by atoms with Crippen molar-refractivity contribution in [2.45, 2.75) is 32.0 Å². The molecule has 0 saturated carbocycles. The molecule has 8 nitrogen and oxygen atoms in total. The van der Waals surface area contributed by atoms with E-state index in [4.69, 9.17) is 4.74 Å². The van der Waals surface area contributed by atoms with Gasteiger partial charge in [-0.1, -0.05) is 30.3 Å². The summed E-state index contributed by atoms with van der Waals surface area (Å²) in [5, 5.41) is 3.46. The number of H-pyrrole nitrogens is 1. The molecule has 2 N–H and O–H groups in total. The standard InChI is InChI=1S/C24H28N4O4/c1-32-14-13-28-23(30)20-8-7-18(15-21(20)26-24(28)31)22(29)25-19-9-11-27(12-10-19)16-17-5-3-2-4-6-17/h2-8,15,19H,9-14,16H2,1H3,(H,25,29)(H,26,31). The van der Waals surface area contributed by atoms with Crippen LogP contribution in [0, 0.1) is 0 Å². The number of aromatic amines is 1. The monoisotopic (exact) mass is 436 g/mol. The summed E-state index contributed by atoms with van der Waals surface area (Å²) < 4.78 is 6.06. The molecule has 4 rings (SSSR count). The van der Waals surface area contributed by atoms with E-state index in [9.17, 15) is 14.4 Å². The summed E-state index contributed by atoms with van der Waals surface area (Å²) in [5.41, 5.74) is 1.18. The maximum absolute atomic E-state index is 12.8. The molecule has 0 bridgehead atoms. The molecular formula is C24H28N4O4. The molecule has 0 aliphatic carbocycles. The van der Waals surface area contributed by atoms with Gasteiger partial charge >= 0.3 is 5.69 Å². The van der Waals surface area contributed by atoms with Crippen molar-refractivity contribution in [3.05, 3.63) is 80.5 Å². The average Bonchev–Trinajstić information content (AvgIpc) is 2.80. The third kappa shape index (κ3) is 4.98. The van der Waals surface area contributed by atoms with Crippen LogP contribution >= 0.6 is 0 Å². The van der Waals surface area contributed by atoms with E-state index in [0.29, 0.717) is 16.5 Å². The zero-order chi connectivity index (χ0) is 22.5. The fourth-order valence-corrected chi connectivity index (χ4v) is 4.13. The average molecular weight is 437 g/mol. The van der Waals surface area contributed by atoms with Gasteiger partial charge in [0.25, 0.3) is 11.5 Å². The largest absolute Gasteiger partial charge is 0.383 e. The molecule has 1 aromatic heterocycles. The smallest absolute Gasteiger partial charge is 0.328 e. The molecule has 2 aromatic carbocycles. The number of nitrogens with zero attached hydrogens (tertiary/aromatic N) is 2. The minimum absolute atomic E-state index is 0.103. The molecule has 1 saturated heterocycles. The molecule has 8 heteroatoms. The number of ether oxygens (including phenoxy) is 1. The van der Waals surface area contributed by atoms with E-state index >= 15 is 0 Å². The summed E-state index contributed by atoms with van der Waals surface area (Å²) in [5.74, 6) is -0.196. The van der Waals surface area contributed by atoms with Crippen molar-refractivity contribution >= 4 is 16.8 Å². The summed E-state index contributed by atoms with van der Waals surface area (Å²) in [6.07, 6.45) is 1.76. The topological polar surface area (TPSA) is 96.4 Å². The van der Waals surface area contributed by atoms with E-state index in [1.807, 2.05) is 18.2 Å². The molecule has 1 aliphatic rings. The predicted molar refractivity (Wildman–Crippen MR) is 123 cm³/mol. The predicted octanol–water partition coefficient (Wildman–Crippen LogP) is 1.73. The van der Waals surface area contributed by atoms with Crippen molar-refractivity contribution in [2.75, 3.05) is 26.8 Å². The van der Waals surface area contributed by atoms with Gasteiger partial charge in [0.05, 0.1) is 24.1 Å². The fraction of sp³-hybridized carbons (Fsp3) is 0.375. The van der Waals surface area contributed by atoms with Crippen molar-refractivity contribution < 1.29 is 9.53 Å². The van der Waals surface area contributed by atoms with E-state index in [1.165, 1.54) is 12.7 Å². The number of amides is 1. The molecule has 168 valence electrons. The van der Waals surface area contributed by atoms with Gasteiger partial charge in [-0.2, -0.15) is 0 Å². The van der Waals surface area contributed by atoms with Crippen LogP contribution in [-0.4, -0.2) is 53.2 Å². The molecule has 1 amide bonds. The zero-order valence-electron chi connectivity index (χ0n) is 18.2. The molecule has 1 aliphatic heterocycles. The molecule has 3 aromatic rings. The molecule has 32 heavy (non-hydrogen) atoms. The lowest BCUT2D eigenvalue weighted by molar-refractivity contribution is 0.0909. The summed E-state index contributed by atoms with van der Waals surface area (Å²) in [4.78, 5) is 42.8. The van der Waals surface area contributed by atoms with E-state index in [-0.39, 0.29) is 25.1 Å². The quantitative estimate of drug-likeness (QED) is 0.588. The van der Waals surface area contributed by atoms with Crippen molar-refractivity contribution in [2.24, 2.45) is 0 Å². The van der Waals surface area contributed by atoms with Crippen molar-refractivity contribution in [1.82, 2.24) is 19.8 Å². The van der Waals surface area contributed by atoms with Crippen molar-refractivity contribution in [3.63, 3.8) is 0 Å². The van der Waals surface area contributed by atoms with E-state index < -0.39 is 11.2 Å². The number of nitrogens with one attached hydrogen (secondary N) is 2. The van der Waals surface area contributed by atoms with E-state index in [2.05, 4.69) is 27.3 Å². The fourth-order valence-electron chi connectivity index (χ4n) is 4.13. The first kappa shape index (κ1) is 22.0. The Labute approximate surface area is 185 Å².